The highest BCUT2D eigenvalue weighted by Gasteiger charge is 2.61. The lowest BCUT2D eigenvalue weighted by Crippen LogP contribution is -2.55. The van der Waals surface area contributed by atoms with Gasteiger partial charge in [0.25, 0.3) is 0 Å². The quantitative estimate of drug-likeness (QED) is 0.599. The van der Waals surface area contributed by atoms with E-state index < -0.39 is 0 Å². The first kappa shape index (κ1) is 15.2. The standard InChI is InChI=1S/C21H34O/c1-19(2)12-5-6-14-7-8-15-16-9-10-18(22)20(16,3)13-11-17(15)21(14,19)4/h7,15-18,22H,5-6,8-13H2,1-4H3/t15-,16-,17-,18-,20-,21-/m0/s1. The second kappa shape index (κ2) is 4.62. The van der Waals surface area contributed by atoms with Crippen molar-refractivity contribution in [2.24, 2.45) is 34.0 Å². The van der Waals surface area contributed by atoms with E-state index in [4.69, 9.17) is 0 Å². The highest BCUT2D eigenvalue weighted by Crippen LogP contribution is 2.68. The predicted octanol–water partition coefficient (Wildman–Crippen LogP) is 5.34. The summed E-state index contributed by atoms with van der Waals surface area (Å²) in [5.74, 6) is 2.43. The van der Waals surface area contributed by atoms with E-state index in [9.17, 15) is 5.11 Å². The molecule has 1 heteroatoms. The molecule has 0 aromatic heterocycles. The van der Waals surface area contributed by atoms with E-state index >= 15 is 0 Å². The summed E-state index contributed by atoms with van der Waals surface area (Å²) in [5, 5.41) is 10.6. The molecule has 124 valence electrons. The highest BCUT2D eigenvalue weighted by molar-refractivity contribution is 5.28. The number of fused-ring (bicyclic) bond motifs is 5. The van der Waals surface area contributed by atoms with Crippen LogP contribution in [-0.4, -0.2) is 11.2 Å². The Hall–Kier alpha value is -0.300. The van der Waals surface area contributed by atoms with Crippen LogP contribution in [0.25, 0.3) is 0 Å². The second-order valence-electron chi connectivity index (χ2n) is 9.92. The number of rotatable bonds is 0. The molecule has 4 aliphatic carbocycles. The summed E-state index contributed by atoms with van der Waals surface area (Å²) in [4.78, 5) is 0. The van der Waals surface area contributed by atoms with Gasteiger partial charge in [0.2, 0.25) is 0 Å². The number of aliphatic hydroxyl groups excluding tert-OH is 1. The molecule has 4 rings (SSSR count). The minimum atomic E-state index is -0.0454. The van der Waals surface area contributed by atoms with Gasteiger partial charge in [-0.1, -0.05) is 39.3 Å². The number of hydrogen-bond donors (Lipinski definition) is 1. The monoisotopic (exact) mass is 302 g/mol. The third kappa shape index (κ3) is 1.70. The van der Waals surface area contributed by atoms with Gasteiger partial charge in [-0.15, -0.1) is 0 Å². The Bertz CT molecular complexity index is 504. The zero-order valence-corrected chi connectivity index (χ0v) is 15.0. The van der Waals surface area contributed by atoms with E-state index in [1.54, 1.807) is 5.57 Å². The maximum Gasteiger partial charge on any atom is 0.0596 e. The Morgan fingerprint density at radius 2 is 1.77 bits per heavy atom. The van der Waals surface area contributed by atoms with Crippen molar-refractivity contribution in [1.82, 2.24) is 0 Å². The van der Waals surface area contributed by atoms with Crippen LogP contribution in [0.1, 0.15) is 79.1 Å². The molecular formula is C21H34O. The van der Waals surface area contributed by atoms with Crippen molar-refractivity contribution in [1.29, 1.82) is 0 Å². The Labute approximate surface area is 136 Å². The molecule has 1 N–H and O–H groups in total. The van der Waals surface area contributed by atoms with E-state index in [2.05, 4.69) is 33.8 Å². The Morgan fingerprint density at radius 1 is 1.00 bits per heavy atom. The summed E-state index contributed by atoms with van der Waals surface area (Å²) in [7, 11) is 0. The third-order valence-electron chi connectivity index (χ3n) is 9.09. The molecule has 0 aromatic carbocycles. The summed E-state index contributed by atoms with van der Waals surface area (Å²) in [6, 6.07) is 0. The first-order valence-electron chi connectivity index (χ1n) is 9.68. The average molecular weight is 303 g/mol. The van der Waals surface area contributed by atoms with E-state index in [1.165, 1.54) is 44.9 Å². The lowest BCUT2D eigenvalue weighted by molar-refractivity contribution is -0.0988. The summed E-state index contributed by atoms with van der Waals surface area (Å²) in [6.45, 7) is 10.0. The van der Waals surface area contributed by atoms with Crippen LogP contribution in [0.4, 0.5) is 0 Å². The fourth-order valence-electron chi connectivity index (χ4n) is 7.31. The van der Waals surface area contributed by atoms with Crippen LogP contribution in [0.2, 0.25) is 0 Å². The molecule has 4 aliphatic rings. The molecule has 0 radical (unpaired) electrons. The van der Waals surface area contributed by atoms with Gasteiger partial charge >= 0.3 is 0 Å². The van der Waals surface area contributed by atoms with Crippen molar-refractivity contribution < 1.29 is 5.11 Å². The van der Waals surface area contributed by atoms with Crippen molar-refractivity contribution in [2.45, 2.75) is 85.2 Å². The van der Waals surface area contributed by atoms with Crippen molar-refractivity contribution in [3.8, 4) is 0 Å². The summed E-state index contributed by atoms with van der Waals surface area (Å²) in [5.41, 5.74) is 2.84. The van der Waals surface area contributed by atoms with Crippen LogP contribution < -0.4 is 0 Å². The van der Waals surface area contributed by atoms with Crippen LogP contribution in [0.5, 0.6) is 0 Å². The molecule has 3 fully saturated rings. The van der Waals surface area contributed by atoms with Gasteiger partial charge in [0.05, 0.1) is 6.10 Å². The average Bonchev–Trinajstić information content (AvgIpc) is 2.76. The third-order valence-corrected chi connectivity index (χ3v) is 9.09. The van der Waals surface area contributed by atoms with Crippen molar-refractivity contribution in [3.63, 3.8) is 0 Å². The smallest absolute Gasteiger partial charge is 0.0596 e. The van der Waals surface area contributed by atoms with Gasteiger partial charge in [0.15, 0.2) is 0 Å². The van der Waals surface area contributed by atoms with Crippen molar-refractivity contribution in [2.75, 3.05) is 0 Å². The molecule has 0 amide bonds. The molecule has 22 heavy (non-hydrogen) atoms. The maximum atomic E-state index is 10.6. The van der Waals surface area contributed by atoms with Gasteiger partial charge in [0.1, 0.15) is 0 Å². The van der Waals surface area contributed by atoms with E-state index in [0.717, 1.165) is 24.2 Å². The molecule has 0 aliphatic heterocycles. The maximum absolute atomic E-state index is 10.6. The minimum Gasteiger partial charge on any atom is -0.393 e. The predicted molar refractivity (Wildman–Crippen MR) is 91.5 cm³/mol. The zero-order valence-electron chi connectivity index (χ0n) is 15.0. The van der Waals surface area contributed by atoms with Crippen LogP contribution in [0, 0.1) is 34.0 Å². The summed E-state index contributed by atoms with van der Waals surface area (Å²) < 4.78 is 0. The van der Waals surface area contributed by atoms with Gasteiger partial charge in [0, 0.05) is 0 Å². The van der Waals surface area contributed by atoms with Crippen molar-refractivity contribution in [3.05, 3.63) is 11.6 Å². The van der Waals surface area contributed by atoms with E-state index in [1.807, 2.05) is 0 Å². The number of allylic oxidation sites excluding steroid dienone is 2. The Morgan fingerprint density at radius 3 is 2.55 bits per heavy atom. The molecule has 1 nitrogen and oxygen atoms in total. The molecule has 0 saturated heterocycles. The zero-order chi connectivity index (χ0) is 15.8. The molecular weight excluding hydrogens is 268 g/mol. The van der Waals surface area contributed by atoms with Crippen LogP contribution in [0.3, 0.4) is 0 Å². The van der Waals surface area contributed by atoms with E-state index in [0.29, 0.717) is 10.8 Å². The molecule has 0 bridgehead atoms. The van der Waals surface area contributed by atoms with Gasteiger partial charge in [-0.2, -0.15) is 0 Å². The first-order chi connectivity index (χ1) is 10.3. The Balaban J connectivity index is 1.75. The fraction of sp³-hybridized carbons (Fsp3) is 0.905. The molecule has 0 heterocycles. The lowest BCUT2D eigenvalue weighted by Gasteiger charge is -2.62. The highest BCUT2D eigenvalue weighted by atomic mass is 16.3. The normalized spacial score (nSPS) is 53.2. The van der Waals surface area contributed by atoms with Gasteiger partial charge in [-0.3, -0.25) is 0 Å². The van der Waals surface area contributed by atoms with Gasteiger partial charge in [-0.05, 0) is 85.4 Å². The summed E-state index contributed by atoms with van der Waals surface area (Å²) in [6.07, 6.45) is 12.9. The molecule has 3 saturated carbocycles. The largest absolute Gasteiger partial charge is 0.393 e. The Kier molecular flexibility index (Phi) is 3.20. The molecule has 0 unspecified atom stereocenters. The first-order valence-corrected chi connectivity index (χ1v) is 9.68. The lowest BCUT2D eigenvalue weighted by atomic mass is 9.42. The second-order valence-corrected chi connectivity index (χ2v) is 9.92. The minimum absolute atomic E-state index is 0.0454. The topological polar surface area (TPSA) is 20.2 Å². The fourth-order valence-corrected chi connectivity index (χ4v) is 7.31. The van der Waals surface area contributed by atoms with Crippen LogP contribution in [-0.2, 0) is 0 Å². The van der Waals surface area contributed by atoms with Crippen LogP contribution >= 0.6 is 0 Å². The van der Waals surface area contributed by atoms with Crippen molar-refractivity contribution >= 4 is 0 Å². The number of hydrogen-bond acceptors (Lipinski definition) is 1. The number of aliphatic hydroxyl groups is 1. The summed E-state index contributed by atoms with van der Waals surface area (Å²) >= 11 is 0. The molecule has 0 spiro atoms. The van der Waals surface area contributed by atoms with Crippen LogP contribution in [0.15, 0.2) is 11.6 Å². The molecule has 0 aromatic rings. The van der Waals surface area contributed by atoms with Gasteiger partial charge in [-0.25, -0.2) is 0 Å². The SMILES string of the molecule is CC1(C)CCCC2=CC[C@H]3[C@@H]4CC[C@H](O)[C@@]4(C)CC[C@@H]3[C@]21C. The van der Waals surface area contributed by atoms with Gasteiger partial charge < -0.3 is 5.11 Å². The van der Waals surface area contributed by atoms with E-state index in [-0.39, 0.29) is 11.5 Å². The molecule has 6 atom stereocenters.